The lowest BCUT2D eigenvalue weighted by molar-refractivity contribution is 0.594. The molecule has 0 saturated heterocycles. The molecule has 0 atom stereocenters. The number of sulfone groups is 1. The maximum absolute atomic E-state index is 12.5. The van der Waals surface area contributed by atoms with Crippen molar-refractivity contribution in [2.75, 3.05) is 0 Å². The van der Waals surface area contributed by atoms with E-state index < -0.39 is 9.84 Å². The SMILES string of the molecule is CCc1cc2c(=O)[nH]c(CS(=O)(=O)c3ccc(C)cc3)nc2s1. The van der Waals surface area contributed by atoms with Crippen LogP contribution in [0.4, 0.5) is 0 Å². The van der Waals surface area contributed by atoms with Gasteiger partial charge in [-0.05, 0) is 31.5 Å². The molecule has 0 aliphatic carbocycles. The lowest BCUT2D eigenvalue weighted by atomic mass is 10.2. The van der Waals surface area contributed by atoms with Crippen LogP contribution < -0.4 is 5.56 Å². The van der Waals surface area contributed by atoms with Crippen LogP contribution in [0.3, 0.4) is 0 Å². The average molecular weight is 348 g/mol. The predicted octanol–water partition coefficient (Wildman–Crippen LogP) is 2.83. The summed E-state index contributed by atoms with van der Waals surface area (Å²) in [5.41, 5.74) is 0.697. The summed E-state index contributed by atoms with van der Waals surface area (Å²) in [6, 6.07) is 8.45. The van der Waals surface area contributed by atoms with Crippen LogP contribution >= 0.6 is 11.3 Å². The number of nitrogens with one attached hydrogen (secondary N) is 1. The Hall–Kier alpha value is -1.99. The van der Waals surface area contributed by atoms with Gasteiger partial charge in [-0.15, -0.1) is 11.3 Å². The molecule has 1 N–H and O–H groups in total. The number of thiophene rings is 1. The molecule has 5 nitrogen and oxygen atoms in total. The molecule has 0 saturated carbocycles. The van der Waals surface area contributed by atoms with Crippen molar-refractivity contribution in [1.82, 2.24) is 9.97 Å². The summed E-state index contributed by atoms with van der Waals surface area (Å²) in [5, 5.41) is 0.517. The summed E-state index contributed by atoms with van der Waals surface area (Å²) in [6.07, 6.45) is 0.817. The molecule has 3 rings (SSSR count). The highest BCUT2D eigenvalue weighted by Gasteiger charge is 2.18. The molecule has 0 bridgehead atoms. The molecule has 7 heteroatoms. The lowest BCUT2D eigenvalue weighted by Gasteiger charge is -2.04. The van der Waals surface area contributed by atoms with Crippen LogP contribution in [0.15, 0.2) is 40.0 Å². The number of fused-ring (bicyclic) bond motifs is 1. The first-order valence-corrected chi connectivity index (χ1v) is 9.67. The van der Waals surface area contributed by atoms with E-state index in [2.05, 4.69) is 9.97 Å². The van der Waals surface area contributed by atoms with Gasteiger partial charge in [0.2, 0.25) is 0 Å². The molecule has 0 unspecified atom stereocenters. The standard InChI is InChI=1S/C16H16N2O3S2/c1-3-11-8-13-15(19)17-14(18-16(13)22-11)9-23(20,21)12-6-4-10(2)5-7-12/h4-8H,3,9H2,1-2H3,(H,17,18,19). The van der Waals surface area contributed by atoms with Gasteiger partial charge < -0.3 is 4.98 Å². The van der Waals surface area contributed by atoms with Crippen LogP contribution in [0.5, 0.6) is 0 Å². The third-order valence-corrected chi connectivity index (χ3v) is 6.37. The van der Waals surface area contributed by atoms with Gasteiger partial charge in [0, 0.05) is 4.88 Å². The van der Waals surface area contributed by atoms with Crippen molar-refractivity contribution in [3.05, 3.63) is 57.0 Å². The Bertz CT molecular complexity index is 1020. The van der Waals surface area contributed by atoms with E-state index in [1.807, 2.05) is 19.9 Å². The Balaban J connectivity index is 2.00. The maximum atomic E-state index is 12.5. The van der Waals surface area contributed by atoms with Gasteiger partial charge in [0.25, 0.3) is 5.56 Å². The van der Waals surface area contributed by atoms with E-state index in [4.69, 9.17) is 0 Å². The van der Waals surface area contributed by atoms with Gasteiger partial charge in [0.15, 0.2) is 9.84 Å². The van der Waals surface area contributed by atoms with Crippen LogP contribution in [0.1, 0.15) is 23.2 Å². The van der Waals surface area contributed by atoms with Gasteiger partial charge in [-0.25, -0.2) is 13.4 Å². The van der Waals surface area contributed by atoms with Crippen molar-refractivity contribution in [1.29, 1.82) is 0 Å². The van der Waals surface area contributed by atoms with Crippen LogP contribution in [0.25, 0.3) is 10.2 Å². The Morgan fingerprint density at radius 2 is 1.91 bits per heavy atom. The van der Waals surface area contributed by atoms with Gasteiger partial charge >= 0.3 is 0 Å². The highest BCUT2D eigenvalue weighted by Crippen LogP contribution is 2.22. The van der Waals surface area contributed by atoms with Crippen LogP contribution in [-0.2, 0) is 22.0 Å². The molecule has 0 aliphatic heterocycles. The van der Waals surface area contributed by atoms with Crippen molar-refractivity contribution >= 4 is 31.4 Å². The number of hydrogen-bond acceptors (Lipinski definition) is 5. The Labute approximate surface area is 137 Å². The van der Waals surface area contributed by atoms with E-state index in [1.165, 1.54) is 11.3 Å². The van der Waals surface area contributed by atoms with Crippen LogP contribution in [0.2, 0.25) is 0 Å². The zero-order valence-corrected chi connectivity index (χ0v) is 14.4. The largest absolute Gasteiger partial charge is 0.309 e. The van der Waals surface area contributed by atoms with Gasteiger partial charge in [-0.2, -0.15) is 0 Å². The first kappa shape index (κ1) is 15.9. The summed E-state index contributed by atoms with van der Waals surface area (Å²) in [5.74, 6) is -0.145. The number of aromatic amines is 1. The fraction of sp³-hybridized carbons (Fsp3) is 0.250. The van der Waals surface area contributed by atoms with E-state index in [0.717, 1.165) is 16.9 Å². The Kier molecular flexibility index (Phi) is 4.08. The van der Waals surface area contributed by atoms with Crippen LogP contribution in [-0.4, -0.2) is 18.4 Å². The van der Waals surface area contributed by atoms with Crippen molar-refractivity contribution in [2.45, 2.75) is 30.9 Å². The number of nitrogens with zero attached hydrogens (tertiary/aromatic N) is 1. The monoisotopic (exact) mass is 348 g/mol. The quantitative estimate of drug-likeness (QED) is 0.786. The molecule has 3 aromatic rings. The van der Waals surface area contributed by atoms with Gasteiger partial charge in [0.1, 0.15) is 16.4 Å². The van der Waals surface area contributed by atoms with E-state index in [1.54, 1.807) is 24.3 Å². The van der Waals surface area contributed by atoms with Crippen molar-refractivity contribution < 1.29 is 8.42 Å². The zero-order chi connectivity index (χ0) is 16.6. The summed E-state index contributed by atoms with van der Waals surface area (Å²) in [7, 11) is -3.54. The molecule has 0 spiro atoms. The van der Waals surface area contributed by atoms with E-state index in [-0.39, 0.29) is 22.0 Å². The number of aromatic nitrogens is 2. The number of aryl methyl sites for hydroxylation is 2. The normalized spacial score (nSPS) is 11.9. The summed E-state index contributed by atoms with van der Waals surface area (Å²) >= 11 is 1.42. The molecule has 2 heterocycles. The van der Waals surface area contributed by atoms with Crippen molar-refractivity contribution in [2.24, 2.45) is 0 Å². The number of H-pyrrole nitrogens is 1. The molecule has 0 amide bonds. The summed E-state index contributed by atoms with van der Waals surface area (Å²) < 4.78 is 24.9. The fourth-order valence-electron chi connectivity index (χ4n) is 2.28. The Morgan fingerprint density at radius 3 is 2.57 bits per heavy atom. The average Bonchev–Trinajstić information content (AvgIpc) is 2.91. The third kappa shape index (κ3) is 3.20. The van der Waals surface area contributed by atoms with Gasteiger partial charge in [-0.1, -0.05) is 24.6 Å². The topological polar surface area (TPSA) is 79.9 Å². The molecular formula is C16H16N2O3S2. The molecule has 2 aromatic heterocycles. The van der Waals surface area contributed by atoms with E-state index in [0.29, 0.717) is 10.2 Å². The van der Waals surface area contributed by atoms with Crippen LogP contribution in [0, 0.1) is 6.92 Å². The number of rotatable bonds is 4. The highest BCUT2D eigenvalue weighted by atomic mass is 32.2. The second-order valence-electron chi connectivity index (χ2n) is 5.37. The first-order valence-electron chi connectivity index (χ1n) is 7.20. The number of benzene rings is 1. The van der Waals surface area contributed by atoms with Gasteiger partial charge in [0.05, 0.1) is 10.3 Å². The third-order valence-electron chi connectivity index (χ3n) is 3.56. The van der Waals surface area contributed by atoms with E-state index >= 15 is 0 Å². The van der Waals surface area contributed by atoms with Crippen molar-refractivity contribution in [3.63, 3.8) is 0 Å². The second-order valence-corrected chi connectivity index (χ2v) is 8.47. The fourth-order valence-corrected chi connectivity index (χ4v) is 4.48. The minimum absolute atomic E-state index is 0.174. The minimum Gasteiger partial charge on any atom is -0.309 e. The molecule has 0 aliphatic rings. The second kappa shape index (κ2) is 5.90. The minimum atomic E-state index is -3.54. The molecule has 120 valence electrons. The smallest absolute Gasteiger partial charge is 0.259 e. The number of hydrogen-bond donors (Lipinski definition) is 1. The molecule has 23 heavy (non-hydrogen) atoms. The molecular weight excluding hydrogens is 332 g/mol. The predicted molar refractivity (Wildman–Crippen MR) is 91.7 cm³/mol. The van der Waals surface area contributed by atoms with Gasteiger partial charge in [-0.3, -0.25) is 4.79 Å². The molecule has 1 aromatic carbocycles. The first-order chi connectivity index (χ1) is 10.9. The molecule has 0 radical (unpaired) electrons. The zero-order valence-electron chi connectivity index (χ0n) is 12.8. The van der Waals surface area contributed by atoms with E-state index in [9.17, 15) is 13.2 Å². The molecule has 0 fully saturated rings. The Morgan fingerprint density at radius 1 is 1.22 bits per heavy atom. The summed E-state index contributed by atoms with van der Waals surface area (Å²) in [4.78, 5) is 20.9. The summed E-state index contributed by atoms with van der Waals surface area (Å²) in [6.45, 7) is 3.90. The maximum Gasteiger partial charge on any atom is 0.259 e. The van der Waals surface area contributed by atoms with Crippen molar-refractivity contribution in [3.8, 4) is 0 Å². The lowest BCUT2D eigenvalue weighted by Crippen LogP contribution is -2.14. The highest BCUT2D eigenvalue weighted by molar-refractivity contribution is 7.90.